The largest absolute Gasteiger partial charge is 0.392 e. The lowest BCUT2D eigenvalue weighted by Gasteiger charge is -2.38. The van der Waals surface area contributed by atoms with Crippen LogP contribution in [0, 0.1) is 17.4 Å². The van der Waals surface area contributed by atoms with Crippen LogP contribution in [-0.2, 0) is 4.74 Å². The SMILES string of the molecule is CC[C@@H](/C=C(/C)CO)[C@H](C#C[Si](C(C)C)(C(C)C)C(C)C)OC. The van der Waals surface area contributed by atoms with Crippen LogP contribution >= 0.6 is 0 Å². The Morgan fingerprint density at radius 2 is 1.57 bits per heavy atom. The van der Waals surface area contributed by atoms with Crippen LogP contribution in [0.3, 0.4) is 0 Å². The van der Waals surface area contributed by atoms with Crippen LogP contribution in [0.15, 0.2) is 11.6 Å². The van der Waals surface area contributed by atoms with Crippen LogP contribution in [0.4, 0.5) is 0 Å². The Hall–Kier alpha value is -0.563. The van der Waals surface area contributed by atoms with Crippen LogP contribution in [0.5, 0.6) is 0 Å². The molecule has 0 aromatic heterocycles. The molecule has 0 aromatic carbocycles. The standard InChI is InChI=1S/C20H38O2Si/c1-10-19(13-18(8)14-21)20(22-9)11-12-23(15(2)3,16(4)5)17(6)7/h13,15-17,19-21H,10,14H2,1-9H3/b18-13-/t19-,20-/m0/s1. The van der Waals surface area contributed by atoms with Crippen molar-refractivity contribution < 1.29 is 9.84 Å². The van der Waals surface area contributed by atoms with Crippen molar-refractivity contribution in [3.63, 3.8) is 0 Å². The Balaban J connectivity index is 5.73. The predicted octanol–water partition coefficient (Wildman–Crippen LogP) is 5.19. The summed E-state index contributed by atoms with van der Waals surface area (Å²) in [6.45, 7) is 18.2. The molecule has 3 heteroatoms. The van der Waals surface area contributed by atoms with Gasteiger partial charge in [-0.1, -0.05) is 66.0 Å². The first-order valence-electron chi connectivity index (χ1n) is 9.00. The van der Waals surface area contributed by atoms with Crippen LogP contribution in [-0.4, -0.2) is 33.0 Å². The van der Waals surface area contributed by atoms with Crippen molar-refractivity contribution in [3.05, 3.63) is 11.6 Å². The molecular weight excluding hydrogens is 300 g/mol. The summed E-state index contributed by atoms with van der Waals surface area (Å²) in [5, 5.41) is 9.27. The molecule has 134 valence electrons. The second-order valence-corrected chi connectivity index (χ2v) is 13.1. The number of hydrogen-bond donors (Lipinski definition) is 1. The number of ether oxygens (including phenoxy) is 1. The fraction of sp³-hybridized carbons (Fsp3) is 0.800. The van der Waals surface area contributed by atoms with E-state index in [9.17, 15) is 5.11 Å². The Bertz CT molecular complexity index is 405. The van der Waals surface area contributed by atoms with Crippen molar-refractivity contribution in [3.8, 4) is 11.5 Å². The second kappa shape index (κ2) is 10.3. The van der Waals surface area contributed by atoms with E-state index >= 15 is 0 Å². The highest BCUT2D eigenvalue weighted by atomic mass is 28.3. The Kier molecular flexibility index (Phi) is 10.1. The van der Waals surface area contributed by atoms with E-state index in [1.165, 1.54) is 0 Å². The summed E-state index contributed by atoms with van der Waals surface area (Å²) < 4.78 is 5.71. The molecule has 0 amide bonds. The molecular formula is C20H38O2Si. The number of methoxy groups -OCH3 is 1. The zero-order valence-corrected chi connectivity index (χ0v) is 17.7. The molecule has 0 heterocycles. The molecule has 2 atom stereocenters. The van der Waals surface area contributed by atoms with E-state index in [-0.39, 0.29) is 18.6 Å². The van der Waals surface area contributed by atoms with Crippen LogP contribution in [0.1, 0.15) is 61.8 Å². The Morgan fingerprint density at radius 1 is 1.09 bits per heavy atom. The van der Waals surface area contributed by atoms with Gasteiger partial charge in [0.25, 0.3) is 0 Å². The zero-order chi connectivity index (χ0) is 18.2. The van der Waals surface area contributed by atoms with Gasteiger partial charge in [0.2, 0.25) is 0 Å². The highest BCUT2D eigenvalue weighted by Crippen LogP contribution is 2.40. The molecule has 2 nitrogen and oxygen atoms in total. The van der Waals surface area contributed by atoms with Crippen LogP contribution in [0.2, 0.25) is 16.6 Å². The third-order valence-electron chi connectivity index (χ3n) is 5.16. The number of aliphatic hydroxyl groups is 1. The first-order valence-corrected chi connectivity index (χ1v) is 11.2. The summed E-state index contributed by atoms with van der Waals surface area (Å²) in [6.07, 6.45) is 2.99. The molecule has 1 N–H and O–H groups in total. The van der Waals surface area contributed by atoms with Gasteiger partial charge in [-0.25, -0.2) is 0 Å². The lowest BCUT2D eigenvalue weighted by molar-refractivity contribution is 0.112. The molecule has 23 heavy (non-hydrogen) atoms. The molecule has 0 fully saturated rings. The molecule has 0 unspecified atom stereocenters. The van der Waals surface area contributed by atoms with E-state index in [1.807, 2.05) is 6.92 Å². The summed E-state index contributed by atoms with van der Waals surface area (Å²) in [6, 6.07) is 0. The minimum absolute atomic E-state index is 0.0929. The van der Waals surface area contributed by atoms with Gasteiger partial charge in [0.05, 0.1) is 6.61 Å². The van der Waals surface area contributed by atoms with Gasteiger partial charge in [0.1, 0.15) is 14.2 Å². The van der Waals surface area contributed by atoms with E-state index in [1.54, 1.807) is 7.11 Å². The summed E-state index contributed by atoms with van der Waals surface area (Å²) in [4.78, 5) is 0. The van der Waals surface area contributed by atoms with E-state index in [0.29, 0.717) is 16.6 Å². The average molecular weight is 339 g/mol. The van der Waals surface area contributed by atoms with Gasteiger partial charge in [-0.15, -0.1) is 5.54 Å². The molecule has 0 aliphatic rings. The molecule has 0 aliphatic heterocycles. The first kappa shape index (κ1) is 22.4. The van der Waals surface area contributed by atoms with Crippen molar-refractivity contribution >= 4 is 8.07 Å². The van der Waals surface area contributed by atoms with Crippen molar-refractivity contribution in [1.29, 1.82) is 0 Å². The van der Waals surface area contributed by atoms with Gasteiger partial charge in [-0.3, -0.25) is 0 Å². The van der Waals surface area contributed by atoms with E-state index < -0.39 is 8.07 Å². The topological polar surface area (TPSA) is 29.5 Å². The maximum atomic E-state index is 9.27. The van der Waals surface area contributed by atoms with Gasteiger partial charge in [-0.2, -0.15) is 0 Å². The Labute approximate surface area is 145 Å². The van der Waals surface area contributed by atoms with E-state index in [0.717, 1.165) is 12.0 Å². The smallest absolute Gasteiger partial charge is 0.146 e. The van der Waals surface area contributed by atoms with Gasteiger partial charge in [0.15, 0.2) is 0 Å². The van der Waals surface area contributed by atoms with Gasteiger partial charge < -0.3 is 9.84 Å². The lowest BCUT2D eigenvalue weighted by atomic mass is 9.97. The quantitative estimate of drug-likeness (QED) is 0.375. The molecule has 0 spiro atoms. The number of hydrogen-bond acceptors (Lipinski definition) is 2. The third-order valence-corrected chi connectivity index (χ3v) is 11.5. The Morgan fingerprint density at radius 3 is 1.87 bits per heavy atom. The maximum Gasteiger partial charge on any atom is 0.146 e. The van der Waals surface area contributed by atoms with Crippen LogP contribution in [0.25, 0.3) is 0 Å². The summed E-state index contributed by atoms with van der Waals surface area (Å²) >= 11 is 0. The molecule has 0 aliphatic carbocycles. The average Bonchev–Trinajstić information content (AvgIpc) is 2.48. The minimum Gasteiger partial charge on any atom is -0.392 e. The molecule has 0 saturated heterocycles. The zero-order valence-electron chi connectivity index (χ0n) is 16.7. The summed E-state index contributed by atoms with van der Waals surface area (Å²) in [7, 11) is 0.0188. The van der Waals surface area contributed by atoms with Crippen molar-refractivity contribution in [2.75, 3.05) is 13.7 Å². The van der Waals surface area contributed by atoms with Gasteiger partial charge in [0, 0.05) is 13.0 Å². The fourth-order valence-electron chi connectivity index (χ4n) is 3.81. The van der Waals surface area contributed by atoms with E-state index in [4.69, 9.17) is 4.74 Å². The monoisotopic (exact) mass is 338 g/mol. The molecule has 0 aromatic rings. The molecule has 0 saturated carbocycles. The highest BCUT2D eigenvalue weighted by Gasteiger charge is 2.41. The van der Waals surface area contributed by atoms with Crippen molar-refractivity contribution in [2.45, 2.75) is 84.5 Å². The van der Waals surface area contributed by atoms with Crippen LogP contribution < -0.4 is 0 Å². The predicted molar refractivity (Wildman–Crippen MR) is 104 cm³/mol. The third kappa shape index (κ3) is 5.78. The van der Waals surface area contributed by atoms with Gasteiger partial charge >= 0.3 is 0 Å². The maximum absolute atomic E-state index is 9.27. The normalized spacial score (nSPS) is 15.8. The lowest BCUT2D eigenvalue weighted by Crippen LogP contribution is -2.43. The molecule has 0 radical (unpaired) electrons. The minimum atomic E-state index is -1.72. The van der Waals surface area contributed by atoms with E-state index in [2.05, 4.69) is 66.0 Å². The second-order valence-electron chi connectivity index (χ2n) is 7.57. The number of rotatable bonds is 8. The van der Waals surface area contributed by atoms with Gasteiger partial charge in [-0.05, 0) is 30.0 Å². The summed E-state index contributed by atoms with van der Waals surface area (Å²) in [5.74, 6) is 3.73. The number of aliphatic hydroxyl groups excluding tert-OH is 1. The first-order chi connectivity index (χ1) is 10.7. The van der Waals surface area contributed by atoms with Crippen molar-refractivity contribution in [2.24, 2.45) is 5.92 Å². The highest BCUT2D eigenvalue weighted by molar-refractivity contribution is 6.90. The molecule has 0 rings (SSSR count). The van der Waals surface area contributed by atoms with Crippen molar-refractivity contribution in [1.82, 2.24) is 0 Å². The summed E-state index contributed by atoms with van der Waals surface area (Å²) in [5.41, 5.74) is 6.63. The fourth-order valence-corrected chi connectivity index (χ4v) is 9.07. The molecule has 0 bridgehead atoms.